The number of hydrogen-bond donors (Lipinski definition) is 2. The number of nitrogen functional groups attached to an aromatic ring is 1. The summed E-state index contributed by atoms with van der Waals surface area (Å²) in [6.07, 6.45) is 0. The summed E-state index contributed by atoms with van der Waals surface area (Å²) in [5, 5.41) is 3.58. The first-order chi connectivity index (χ1) is 9.99. The molecule has 0 spiro atoms. The number of halogens is 1. The van der Waals surface area contributed by atoms with Crippen LogP contribution in [0.4, 0.5) is 5.69 Å². The highest BCUT2D eigenvalue weighted by molar-refractivity contribution is 6.30. The first-order valence-corrected chi connectivity index (χ1v) is 6.88. The summed E-state index contributed by atoms with van der Waals surface area (Å²) in [6.45, 7) is 1.91. The summed E-state index contributed by atoms with van der Waals surface area (Å²) in [6, 6.07) is 12.2. The number of amides is 1. The summed E-state index contributed by atoms with van der Waals surface area (Å²) in [7, 11) is 1.53. The molecule has 21 heavy (non-hydrogen) atoms. The molecule has 0 saturated carbocycles. The van der Waals surface area contributed by atoms with Gasteiger partial charge in [0.05, 0.1) is 13.2 Å². The predicted molar refractivity (Wildman–Crippen MR) is 84.7 cm³/mol. The SMILES string of the molecule is COc1cc(N)cc(C(=O)NC(C)c2ccc(Cl)cc2)c1. The van der Waals surface area contributed by atoms with Gasteiger partial charge in [0.25, 0.3) is 5.91 Å². The molecular weight excluding hydrogens is 288 g/mol. The Hall–Kier alpha value is -2.20. The second-order valence-corrected chi connectivity index (χ2v) is 5.18. The Bertz CT molecular complexity index is 641. The van der Waals surface area contributed by atoms with E-state index < -0.39 is 0 Å². The fourth-order valence-corrected chi connectivity index (χ4v) is 2.11. The summed E-state index contributed by atoms with van der Waals surface area (Å²) < 4.78 is 5.11. The third-order valence-corrected chi connectivity index (χ3v) is 3.40. The molecule has 0 radical (unpaired) electrons. The van der Waals surface area contributed by atoms with Crippen LogP contribution in [0.3, 0.4) is 0 Å². The summed E-state index contributed by atoms with van der Waals surface area (Å²) in [5.41, 5.74) is 7.68. The van der Waals surface area contributed by atoms with Crippen LogP contribution >= 0.6 is 11.6 Å². The van der Waals surface area contributed by atoms with Gasteiger partial charge in [-0.3, -0.25) is 4.79 Å². The van der Waals surface area contributed by atoms with Crippen molar-refractivity contribution >= 4 is 23.2 Å². The highest BCUT2D eigenvalue weighted by atomic mass is 35.5. The average molecular weight is 305 g/mol. The number of rotatable bonds is 4. The van der Waals surface area contributed by atoms with E-state index in [-0.39, 0.29) is 11.9 Å². The minimum absolute atomic E-state index is 0.137. The van der Waals surface area contributed by atoms with Gasteiger partial charge in [-0.15, -0.1) is 0 Å². The molecule has 1 amide bonds. The average Bonchev–Trinajstić information content (AvgIpc) is 2.47. The lowest BCUT2D eigenvalue weighted by Gasteiger charge is -2.15. The van der Waals surface area contributed by atoms with Gasteiger partial charge in [-0.05, 0) is 36.8 Å². The molecule has 1 atom stereocenters. The molecule has 2 rings (SSSR count). The second kappa shape index (κ2) is 6.50. The van der Waals surface area contributed by atoms with Crippen LogP contribution in [0, 0.1) is 0 Å². The Morgan fingerprint density at radius 1 is 1.24 bits per heavy atom. The fourth-order valence-electron chi connectivity index (χ4n) is 1.99. The molecule has 0 saturated heterocycles. The van der Waals surface area contributed by atoms with Gasteiger partial charge >= 0.3 is 0 Å². The maximum Gasteiger partial charge on any atom is 0.251 e. The van der Waals surface area contributed by atoms with Crippen molar-refractivity contribution < 1.29 is 9.53 Å². The molecule has 1 unspecified atom stereocenters. The van der Waals surface area contributed by atoms with E-state index in [1.54, 1.807) is 30.3 Å². The van der Waals surface area contributed by atoms with Gasteiger partial charge in [0.15, 0.2) is 0 Å². The first-order valence-electron chi connectivity index (χ1n) is 6.50. The van der Waals surface area contributed by atoms with Crippen molar-refractivity contribution in [2.24, 2.45) is 0 Å². The zero-order chi connectivity index (χ0) is 15.4. The normalized spacial score (nSPS) is 11.8. The van der Waals surface area contributed by atoms with Gasteiger partial charge in [0.1, 0.15) is 5.75 Å². The van der Waals surface area contributed by atoms with E-state index in [1.165, 1.54) is 7.11 Å². The Balaban J connectivity index is 2.13. The number of benzene rings is 2. The number of ether oxygens (including phenoxy) is 1. The van der Waals surface area contributed by atoms with Crippen LogP contribution in [-0.2, 0) is 0 Å². The van der Waals surface area contributed by atoms with E-state index in [2.05, 4.69) is 5.32 Å². The molecule has 5 heteroatoms. The smallest absolute Gasteiger partial charge is 0.251 e. The minimum Gasteiger partial charge on any atom is -0.497 e. The third-order valence-electron chi connectivity index (χ3n) is 3.14. The van der Waals surface area contributed by atoms with Crippen molar-refractivity contribution in [3.05, 3.63) is 58.6 Å². The van der Waals surface area contributed by atoms with Crippen LogP contribution in [0.25, 0.3) is 0 Å². The third kappa shape index (κ3) is 3.89. The monoisotopic (exact) mass is 304 g/mol. The highest BCUT2D eigenvalue weighted by Crippen LogP contribution is 2.20. The van der Waals surface area contributed by atoms with E-state index in [4.69, 9.17) is 22.1 Å². The Kier molecular flexibility index (Phi) is 4.70. The number of carbonyl (C=O) groups excluding carboxylic acids is 1. The molecule has 0 aliphatic rings. The fraction of sp³-hybridized carbons (Fsp3) is 0.188. The minimum atomic E-state index is -0.206. The molecule has 2 aromatic carbocycles. The quantitative estimate of drug-likeness (QED) is 0.851. The number of nitrogens with two attached hydrogens (primary N) is 1. The van der Waals surface area contributed by atoms with E-state index in [0.717, 1.165) is 5.56 Å². The number of anilines is 1. The maximum absolute atomic E-state index is 12.3. The van der Waals surface area contributed by atoms with Gasteiger partial charge in [0, 0.05) is 22.3 Å². The van der Waals surface area contributed by atoms with Crippen molar-refractivity contribution in [2.45, 2.75) is 13.0 Å². The Morgan fingerprint density at radius 2 is 1.90 bits per heavy atom. The molecule has 0 aromatic heterocycles. The van der Waals surface area contributed by atoms with Crippen molar-refractivity contribution in [1.29, 1.82) is 0 Å². The summed E-state index contributed by atoms with van der Waals surface area (Å²) >= 11 is 5.85. The van der Waals surface area contributed by atoms with E-state index in [9.17, 15) is 4.79 Å². The molecule has 0 fully saturated rings. The van der Waals surface area contributed by atoms with Crippen molar-refractivity contribution in [3.63, 3.8) is 0 Å². The number of carbonyl (C=O) groups is 1. The summed E-state index contributed by atoms with van der Waals surface area (Å²) in [5.74, 6) is 0.349. The molecule has 0 bridgehead atoms. The van der Waals surface area contributed by atoms with Crippen LogP contribution in [0.2, 0.25) is 5.02 Å². The van der Waals surface area contributed by atoms with Crippen LogP contribution in [0.5, 0.6) is 5.75 Å². The molecular formula is C16H17ClN2O2. The van der Waals surface area contributed by atoms with Crippen LogP contribution in [0.15, 0.2) is 42.5 Å². The van der Waals surface area contributed by atoms with Crippen LogP contribution in [0.1, 0.15) is 28.9 Å². The number of methoxy groups -OCH3 is 1. The highest BCUT2D eigenvalue weighted by Gasteiger charge is 2.13. The Labute approximate surface area is 128 Å². The van der Waals surface area contributed by atoms with E-state index in [0.29, 0.717) is 22.0 Å². The standard InChI is InChI=1S/C16H17ClN2O2/c1-10(11-3-5-13(17)6-4-11)19-16(20)12-7-14(18)9-15(8-12)21-2/h3-10H,18H2,1-2H3,(H,19,20). The molecule has 3 N–H and O–H groups in total. The molecule has 4 nitrogen and oxygen atoms in total. The van der Waals surface area contributed by atoms with E-state index in [1.807, 2.05) is 19.1 Å². The topological polar surface area (TPSA) is 64.3 Å². The van der Waals surface area contributed by atoms with Crippen molar-refractivity contribution in [3.8, 4) is 5.75 Å². The van der Waals surface area contributed by atoms with Crippen LogP contribution in [-0.4, -0.2) is 13.0 Å². The number of hydrogen-bond acceptors (Lipinski definition) is 3. The predicted octanol–water partition coefficient (Wildman–Crippen LogP) is 3.42. The second-order valence-electron chi connectivity index (χ2n) is 4.74. The maximum atomic E-state index is 12.3. The first kappa shape index (κ1) is 15.2. The van der Waals surface area contributed by atoms with Crippen LogP contribution < -0.4 is 15.8 Å². The molecule has 0 aliphatic heterocycles. The molecule has 2 aromatic rings. The molecule has 110 valence electrons. The van der Waals surface area contributed by atoms with Crippen molar-refractivity contribution in [2.75, 3.05) is 12.8 Å². The number of nitrogens with one attached hydrogen (secondary N) is 1. The van der Waals surface area contributed by atoms with E-state index >= 15 is 0 Å². The van der Waals surface area contributed by atoms with Gasteiger partial charge in [-0.1, -0.05) is 23.7 Å². The molecule has 0 aliphatic carbocycles. The largest absolute Gasteiger partial charge is 0.497 e. The Morgan fingerprint density at radius 3 is 2.52 bits per heavy atom. The van der Waals surface area contributed by atoms with Crippen molar-refractivity contribution in [1.82, 2.24) is 5.32 Å². The van der Waals surface area contributed by atoms with Gasteiger partial charge in [-0.2, -0.15) is 0 Å². The van der Waals surface area contributed by atoms with Gasteiger partial charge in [-0.25, -0.2) is 0 Å². The zero-order valence-electron chi connectivity index (χ0n) is 11.9. The zero-order valence-corrected chi connectivity index (χ0v) is 12.6. The molecule has 0 heterocycles. The summed E-state index contributed by atoms with van der Waals surface area (Å²) in [4.78, 5) is 12.3. The van der Waals surface area contributed by atoms with Gasteiger partial charge < -0.3 is 15.8 Å². The lowest BCUT2D eigenvalue weighted by Crippen LogP contribution is -2.26. The lowest BCUT2D eigenvalue weighted by molar-refractivity contribution is 0.0939. The van der Waals surface area contributed by atoms with Gasteiger partial charge in [0.2, 0.25) is 0 Å². The lowest BCUT2D eigenvalue weighted by atomic mass is 10.1.